The van der Waals surface area contributed by atoms with Gasteiger partial charge >= 0.3 is 0 Å². The summed E-state index contributed by atoms with van der Waals surface area (Å²) in [6.07, 6.45) is 1.91. The Morgan fingerprint density at radius 1 is 1.10 bits per heavy atom. The van der Waals surface area contributed by atoms with Crippen LogP contribution in [-0.4, -0.2) is 17.1 Å². The number of aromatic nitrogens is 1. The first-order valence-corrected chi connectivity index (χ1v) is 6.75. The molecule has 2 aromatic carbocycles. The molecule has 0 atom stereocenters. The predicted octanol–water partition coefficient (Wildman–Crippen LogP) is 2.86. The molecule has 4 nitrogen and oxygen atoms in total. The number of rotatable bonds is 4. The van der Waals surface area contributed by atoms with Crippen LogP contribution in [0.1, 0.15) is 11.3 Å². The Labute approximate surface area is 122 Å². The van der Waals surface area contributed by atoms with Gasteiger partial charge in [-0.15, -0.1) is 0 Å². The maximum Gasteiger partial charge on any atom is 0.245 e. The third-order valence-corrected chi connectivity index (χ3v) is 3.14. The molecule has 4 heteroatoms. The first-order valence-electron chi connectivity index (χ1n) is 6.75. The van der Waals surface area contributed by atoms with Gasteiger partial charge in [-0.05, 0) is 23.1 Å². The lowest BCUT2D eigenvalue weighted by Gasteiger charge is -1.97. The van der Waals surface area contributed by atoms with E-state index in [2.05, 4.69) is 15.5 Å². The first-order chi connectivity index (χ1) is 10.3. The van der Waals surface area contributed by atoms with Crippen molar-refractivity contribution in [1.82, 2.24) is 10.4 Å². The van der Waals surface area contributed by atoms with E-state index < -0.39 is 0 Å². The van der Waals surface area contributed by atoms with Crippen LogP contribution in [0.15, 0.2) is 65.8 Å². The van der Waals surface area contributed by atoms with Gasteiger partial charge in [0.2, 0.25) is 5.91 Å². The van der Waals surface area contributed by atoms with E-state index >= 15 is 0 Å². The monoisotopic (exact) mass is 277 g/mol. The zero-order chi connectivity index (χ0) is 14.5. The summed E-state index contributed by atoms with van der Waals surface area (Å²) in [5.74, 6) is -0.145. The average Bonchev–Trinajstić information content (AvgIpc) is 2.90. The Morgan fingerprint density at radius 2 is 1.86 bits per heavy atom. The van der Waals surface area contributed by atoms with Gasteiger partial charge in [0.1, 0.15) is 0 Å². The Balaban J connectivity index is 1.60. The van der Waals surface area contributed by atoms with Crippen LogP contribution in [0.4, 0.5) is 0 Å². The number of hydrogen-bond donors (Lipinski definition) is 2. The summed E-state index contributed by atoms with van der Waals surface area (Å²) in [5, 5.41) is 5.06. The summed E-state index contributed by atoms with van der Waals surface area (Å²) in [6, 6.07) is 19.6. The summed E-state index contributed by atoms with van der Waals surface area (Å²) in [4.78, 5) is 15.1. The average molecular weight is 277 g/mol. The van der Waals surface area contributed by atoms with Crippen LogP contribution in [0.5, 0.6) is 0 Å². The molecule has 0 bridgehead atoms. The van der Waals surface area contributed by atoms with Gasteiger partial charge in [-0.2, -0.15) is 5.10 Å². The molecule has 0 aliphatic carbocycles. The fourth-order valence-electron chi connectivity index (χ4n) is 2.16. The van der Waals surface area contributed by atoms with Crippen molar-refractivity contribution in [2.24, 2.45) is 5.10 Å². The van der Waals surface area contributed by atoms with Crippen LogP contribution in [0.2, 0.25) is 0 Å². The number of nitrogens with one attached hydrogen (secondary N) is 2. The molecule has 0 fully saturated rings. The molecule has 1 heterocycles. The Bertz CT molecular complexity index is 742. The van der Waals surface area contributed by atoms with E-state index in [4.69, 9.17) is 0 Å². The lowest BCUT2D eigenvalue weighted by molar-refractivity contribution is -0.120. The fourth-order valence-corrected chi connectivity index (χ4v) is 2.16. The number of hydrogen-bond acceptors (Lipinski definition) is 2. The fraction of sp³-hybridized carbons (Fsp3) is 0.0588. The minimum absolute atomic E-state index is 0.145. The number of nitrogens with zero attached hydrogens (tertiary/aromatic N) is 1. The highest BCUT2D eigenvalue weighted by Gasteiger charge is 2.05. The second-order valence-corrected chi connectivity index (χ2v) is 4.76. The first kappa shape index (κ1) is 13.1. The molecule has 0 saturated carbocycles. The summed E-state index contributed by atoms with van der Waals surface area (Å²) in [7, 11) is 0. The van der Waals surface area contributed by atoms with E-state index in [1.807, 2.05) is 60.7 Å². The molecule has 0 unspecified atom stereocenters. The maximum absolute atomic E-state index is 11.8. The Kier molecular flexibility index (Phi) is 3.78. The van der Waals surface area contributed by atoms with Gasteiger partial charge in [0.15, 0.2) is 0 Å². The number of amides is 1. The molecular formula is C17H15N3O. The van der Waals surface area contributed by atoms with Crippen LogP contribution in [0, 0.1) is 0 Å². The van der Waals surface area contributed by atoms with Crippen LogP contribution in [0.25, 0.3) is 10.9 Å². The van der Waals surface area contributed by atoms with E-state index in [1.54, 1.807) is 6.21 Å². The van der Waals surface area contributed by atoms with Crippen molar-refractivity contribution in [1.29, 1.82) is 0 Å². The number of carbonyl (C=O) groups is 1. The van der Waals surface area contributed by atoms with Crippen molar-refractivity contribution in [3.8, 4) is 0 Å². The van der Waals surface area contributed by atoms with Gasteiger partial charge in [0, 0.05) is 11.2 Å². The van der Waals surface area contributed by atoms with Crippen molar-refractivity contribution in [3.63, 3.8) is 0 Å². The van der Waals surface area contributed by atoms with E-state index in [9.17, 15) is 4.79 Å². The summed E-state index contributed by atoms with van der Waals surface area (Å²) < 4.78 is 0. The molecule has 0 aliphatic rings. The van der Waals surface area contributed by atoms with Crippen molar-refractivity contribution in [2.45, 2.75) is 6.42 Å². The smallest absolute Gasteiger partial charge is 0.245 e. The zero-order valence-corrected chi connectivity index (χ0v) is 11.4. The minimum atomic E-state index is -0.145. The quantitative estimate of drug-likeness (QED) is 0.559. The van der Waals surface area contributed by atoms with Gasteiger partial charge in [-0.1, -0.05) is 48.5 Å². The minimum Gasteiger partial charge on any atom is -0.358 e. The second kappa shape index (κ2) is 6.05. The van der Waals surface area contributed by atoms with Crippen molar-refractivity contribution in [3.05, 3.63) is 71.9 Å². The van der Waals surface area contributed by atoms with Crippen LogP contribution < -0.4 is 5.43 Å². The molecule has 0 saturated heterocycles. The second-order valence-electron chi connectivity index (χ2n) is 4.76. The molecule has 3 aromatic rings. The molecular weight excluding hydrogens is 262 g/mol. The van der Waals surface area contributed by atoms with Crippen LogP contribution in [-0.2, 0) is 11.2 Å². The molecule has 0 aliphatic heterocycles. The van der Waals surface area contributed by atoms with Gasteiger partial charge in [-0.3, -0.25) is 4.79 Å². The number of hydrazone groups is 1. The number of carbonyl (C=O) groups excluding carboxylic acids is 1. The third kappa shape index (κ3) is 3.36. The van der Waals surface area contributed by atoms with Crippen molar-refractivity contribution >= 4 is 23.0 Å². The summed E-state index contributed by atoms with van der Waals surface area (Å²) in [6.45, 7) is 0. The van der Waals surface area contributed by atoms with Crippen LogP contribution >= 0.6 is 0 Å². The summed E-state index contributed by atoms with van der Waals surface area (Å²) in [5.41, 5.74) is 5.40. The van der Waals surface area contributed by atoms with E-state index in [0.717, 1.165) is 22.2 Å². The van der Waals surface area contributed by atoms with E-state index in [0.29, 0.717) is 0 Å². The normalized spacial score (nSPS) is 11.0. The predicted molar refractivity (Wildman–Crippen MR) is 84.2 cm³/mol. The highest BCUT2D eigenvalue weighted by Crippen LogP contribution is 2.14. The van der Waals surface area contributed by atoms with Crippen LogP contribution in [0.3, 0.4) is 0 Å². The van der Waals surface area contributed by atoms with Crippen molar-refractivity contribution < 1.29 is 4.79 Å². The number of fused-ring (bicyclic) bond motifs is 1. The van der Waals surface area contributed by atoms with Crippen molar-refractivity contribution in [2.75, 3.05) is 0 Å². The number of H-pyrrole nitrogens is 1. The largest absolute Gasteiger partial charge is 0.358 e. The third-order valence-electron chi connectivity index (χ3n) is 3.14. The molecule has 0 radical (unpaired) electrons. The molecule has 21 heavy (non-hydrogen) atoms. The van der Waals surface area contributed by atoms with Gasteiger partial charge in [0.05, 0.1) is 12.6 Å². The molecule has 1 amide bonds. The molecule has 2 N–H and O–H groups in total. The van der Waals surface area contributed by atoms with E-state index in [1.165, 1.54) is 0 Å². The Morgan fingerprint density at radius 3 is 2.67 bits per heavy atom. The maximum atomic E-state index is 11.8. The highest BCUT2D eigenvalue weighted by molar-refractivity contribution is 5.85. The topological polar surface area (TPSA) is 57.2 Å². The SMILES string of the molecule is O=C(Cc1cc2ccccc2[nH]1)N/N=C\c1ccccc1. The molecule has 1 aromatic heterocycles. The number of benzene rings is 2. The lowest BCUT2D eigenvalue weighted by atomic mass is 10.2. The van der Waals surface area contributed by atoms with E-state index in [-0.39, 0.29) is 12.3 Å². The summed E-state index contributed by atoms with van der Waals surface area (Å²) >= 11 is 0. The number of aromatic amines is 1. The zero-order valence-electron chi connectivity index (χ0n) is 11.4. The standard InChI is InChI=1S/C17H15N3O/c21-17(20-18-12-13-6-2-1-3-7-13)11-15-10-14-8-4-5-9-16(14)19-15/h1-10,12,19H,11H2,(H,20,21)/b18-12-. The molecule has 0 spiro atoms. The Hall–Kier alpha value is -2.88. The molecule has 3 rings (SSSR count). The number of para-hydroxylation sites is 1. The van der Waals surface area contributed by atoms with Gasteiger partial charge in [0.25, 0.3) is 0 Å². The lowest BCUT2D eigenvalue weighted by Crippen LogP contribution is -2.19. The highest BCUT2D eigenvalue weighted by atomic mass is 16.2. The van der Waals surface area contributed by atoms with Gasteiger partial charge < -0.3 is 4.98 Å². The molecule has 104 valence electrons. The van der Waals surface area contributed by atoms with Gasteiger partial charge in [-0.25, -0.2) is 5.43 Å².